The first-order chi connectivity index (χ1) is 10.2. The summed E-state index contributed by atoms with van der Waals surface area (Å²) >= 11 is 5.41. The maximum absolute atomic E-state index is 12.3. The van der Waals surface area contributed by atoms with E-state index in [0.717, 1.165) is 29.4 Å². The van der Waals surface area contributed by atoms with Gasteiger partial charge in [0.05, 0.1) is 0 Å². The predicted molar refractivity (Wildman–Crippen MR) is 90.4 cm³/mol. The summed E-state index contributed by atoms with van der Waals surface area (Å²) < 4.78 is 7.59. The Morgan fingerprint density at radius 2 is 2.24 bits per heavy atom. The summed E-state index contributed by atoms with van der Waals surface area (Å²) in [5.41, 5.74) is 1.93. The summed E-state index contributed by atoms with van der Waals surface area (Å²) in [5.74, 6) is -0.222. The van der Waals surface area contributed by atoms with Crippen molar-refractivity contribution in [3.8, 4) is 0 Å². The Morgan fingerprint density at radius 3 is 2.95 bits per heavy atom. The first-order valence-electron chi connectivity index (χ1n) is 7.14. The summed E-state index contributed by atoms with van der Waals surface area (Å²) in [5, 5.41) is 6.77. The monoisotopic (exact) mass is 372 g/mol. The Morgan fingerprint density at radius 1 is 1.48 bits per heavy atom. The topological polar surface area (TPSA) is 50.4 Å². The molecule has 0 aromatic carbocycles. The van der Waals surface area contributed by atoms with Crippen molar-refractivity contribution in [2.24, 2.45) is 0 Å². The molecule has 0 aliphatic heterocycles. The molecule has 0 spiro atoms. The number of esters is 1. The molecule has 1 aliphatic carbocycles. The molecule has 4 nitrogen and oxygen atoms in total. The number of carbonyl (C=O) groups is 1. The fourth-order valence-electron chi connectivity index (χ4n) is 2.39. The van der Waals surface area contributed by atoms with Gasteiger partial charge in [0.25, 0.3) is 0 Å². The molecule has 0 amide bonds. The van der Waals surface area contributed by atoms with Crippen molar-refractivity contribution in [3.63, 3.8) is 0 Å². The van der Waals surface area contributed by atoms with Crippen LogP contribution in [0.2, 0.25) is 0 Å². The third kappa shape index (κ3) is 3.96. The van der Waals surface area contributed by atoms with Gasteiger partial charge in [-0.1, -0.05) is 0 Å². The predicted octanol–water partition coefficient (Wildman–Crippen LogP) is 2.27. The second-order valence-corrected chi connectivity index (χ2v) is 7.49. The van der Waals surface area contributed by atoms with E-state index in [0.29, 0.717) is 18.3 Å². The standard InChI is InChI=1S/C15H20N2O2SSe/c1-3-9-16-15(20)17-13-12(14(18)19-4-2)10-7-5-6-8-11(10)21-13/h3H,1,4-9H2,2H3,(H2,16,17,20). The molecular weight excluding hydrogens is 351 g/mol. The minimum absolute atomic E-state index is 0.151. The zero-order valence-corrected chi connectivity index (χ0v) is 14.7. The zero-order chi connectivity index (χ0) is 15.2. The van der Waals surface area contributed by atoms with Crippen molar-refractivity contribution in [2.45, 2.75) is 32.6 Å². The van der Waals surface area contributed by atoms with E-state index in [9.17, 15) is 4.79 Å². The second-order valence-electron chi connectivity index (χ2n) is 4.76. The van der Waals surface area contributed by atoms with Crippen LogP contribution in [0, 0.1) is 0 Å². The molecule has 0 saturated heterocycles. The number of fused-ring (bicyclic) bond motifs is 1. The Labute approximate surface area is 136 Å². The van der Waals surface area contributed by atoms with E-state index in [1.165, 1.54) is 16.4 Å². The molecule has 1 aromatic heterocycles. The SMILES string of the molecule is C=CCNC(=S)Nc1[se]c2c(c1C(=O)OCC)CCCC2. The van der Waals surface area contributed by atoms with Gasteiger partial charge in [-0.15, -0.1) is 0 Å². The van der Waals surface area contributed by atoms with Crippen LogP contribution in [0.1, 0.15) is 40.1 Å². The number of thiocarbonyl (C=S) groups is 1. The van der Waals surface area contributed by atoms with Gasteiger partial charge in [0.15, 0.2) is 0 Å². The number of ether oxygens (including phenoxy) is 1. The molecule has 0 fully saturated rings. The first kappa shape index (κ1) is 16.3. The van der Waals surface area contributed by atoms with Crippen LogP contribution in [0.4, 0.5) is 4.56 Å². The average Bonchev–Trinajstić information content (AvgIpc) is 2.83. The van der Waals surface area contributed by atoms with Crippen molar-refractivity contribution in [2.75, 3.05) is 18.5 Å². The number of anilines is 1. The quantitative estimate of drug-likeness (QED) is 0.360. The van der Waals surface area contributed by atoms with Gasteiger partial charge in [0.1, 0.15) is 0 Å². The van der Waals surface area contributed by atoms with Gasteiger partial charge in [-0.05, 0) is 0 Å². The van der Waals surface area contributed by atoms with E-state index in [1.807, 2.05) is 6.92 Å². The fourth-order valence-corrected chi connectivity index (χ4v) is 5.41. The number of hydrogen-bond acceptors (Lipinski definition) is 3. The molecule has 0 unspecified atom stereocenters. The third-order valence-electron chi connectivity index (χ3n) is 3.28. The summed E-state index contributed by atoms with van der Waals surface area (Å²) in [6.07, 6.45) is 6.17. The van der Waals surface area contributed by atoms with E-state index in [4.69, 9.17) is 17.0 Å². The third-order valence-corrected chi connectivity index (χ3v) is 6.06. The molecule has 21 heavy (non-hydrogen) atoms. The summed E-state index contributed by atoms with van der Waals surface area (Å²) in [7, 11) is 0. The molecule has 1 aromatic rings. The van der Waals surface area contributed by atoms with Crippen molar-refractivity contribution < 1.29 is 9.53 Å². The summed E-state index contributed by atoms with van der Waals surface area (Å²) in [4.78, 5) is 12.3. The van der Waals surface area contributed by atoms with Gasteiger partial charge in [-0.2, -0.15) is 0 Å². The number of rotatable bonds is 5. The zero-order valence-electron chi connectivity index (χ0n) is 12.2. The van der Waals surface area contributed by atoms with Gasteiger partial charge < -0.3 is 0 Å². The number of nitrogens with one attached hydrogen (secondary N) is 2. The molecule has 6 heteroatoms. The van der Waals surface area contributed by atoms with Gasteiger partial charge in [0.2, 0.25) is 0 Å². The Balaban J connectivity index is 2.26. The molecule has 0 saturated carbocycles. The number of carbonyl (C=O) groups excluding carboxylic acids is 1. The Bertz CT molecular complexity index is 554. The molecule has 0 radical (unpaired) electrons. The number of aryl methyl sites for hydroxylation is 1. The molecule has 0 atom stereocenters. The van der Waals surface area contributed by atoms with Crippen LogP contribution in [0.3, 0.4) is 0 Å². The van der Waals surface area contributed by atoms with Gasteiger partial charge >= 0.3 is 137 Å². The van der Waals surface area contributed by atoms with E-state index in [-0.39, 0.29) is 20.5 Å². The molecular formula is C15H20N2O2SSe. The minimum atomic E-state index is -0.222. The van der Waals surface area contributed by atoms with Crippen LogP contribution in [-0.2, 0) is 17.6 Å². The molecule has 114 valence electrons. The van der Waals surface area contributed by atoms with Crippen LogP contribution in [0.15, 0.2) is 12.7 Å². The van der Waals surface area contributed by atoms with Crippen LogP contribution in [0.5, 0.6) is 0 Å². The van der Waals surface area contributed by atoms with Crippen LogP contribution in [-0.4, -0.2) is 38.7 Å². The van der Waals surface area contributed by atoms with Gasteiger partial charge in [-0.25, -0.2) is 0 Å². The van der Waals surface area contributed by atoms with Crippen LogP contribution in [0.25, 0.3) is 0 Å². The first-order valence-corrected chi connectivity index (χ1v) is 9.26. The molecule has 2 N–H and O–H groups in total. The van der Waals surface area contributed by atoms with Crippen LogP contribution < -0.4 is 10.6 Å². The van der Waals surface area contributed by atoms with Gasteiger partial charge in [-0.3, -0.25) is 0 Å². The normalized spacial score (nSPS) is 13.2. The van der Waals surface area contributed by atoms with Crippen molar-refractivity contribution >= 4 is 42.4 Å². The molecule has 1 aliphatic rings. The van der Waals surface area contributed by atoms with E-state index >= 15 is 0 Å². The molecule has 1 heterocycles. The van der Waals surface area contributed by atoms with Crippen molar-refractivity contribution in [1.82, 2.24) is 5.32 Å². The van der Waals surface area contributed by atoms with E-state index in [2.05, 4.69) is 17.2 Å². The number of hydrogen-bond donors (Lipinski definition) is 2. The maximum atomic E-state index is 12.3. The second kappa shape index (κ2) is 7.78. The van der Waals surface area contributed by atoms with Crippen LogP contribution >= 0.6 is 12.2 Å². The van der Waals surface area contributed by atoms with E-state index in [1.54, 1.807) is 6.08 Å². The summed E-state index contributed by atoms with van der Waals surface area (Å²) in [6.45, 7) is 6.48. The van der Waals surface area contributed by atoms with E-state index < -0.39 is 0 Å². The molecule has 2 rings (SSSR count). The summed E-state index contributed by atoms with van der Waals surface area (Å²) in [6, 6.07) is 0. The van der Waals surface area contributed by atoms with Gasteiger partial charge in [0, 0.05) is 0 Å². The fraction of sp³-hybridized carbons (Fsp3) is 0.467. The Hall–Kier alpha value is -1.10. The Kier molecular flexibility index (Phi) is 6.03. The molecule has 0 bridgehead atoms. The van der Waals surface area contributed by atoms with Crippen molar-refractivity contribution in [1.29, 1.82) is 0 Å². The average molecular weight is 371 g/mol. The van der Waals surface area contributed by atoms with Crippen molar-refractivity contribution in [3.05, 3.63) is 28.2 Å².